The molecule has 0 saturated carbocycles. The monoisotopic (exact) mass is 241 g/mol. The first-order valence-corrected chi connectivity index (χ1v) is 5.06. The zero-order chi connectivity index (χ0) is 12.8. The Morgan fingerprint density at radius 1 is 1.71 bits per heavy atom. The number of pyridine rings is 1. The van der Waals surface area contributed by atoms with Gasteiger partial charge in [0.25, 0.3) is 5.69 Å². The molecule has 0 amide bonds. The molecule has 7 heteroatoms. The lowest BCUT2D eigenvalue weighted by molar-refractivity contribution is -0.385. The number of rotatable bonds is 6. The fraction of sp³-hybridized carbons (Fsp3) is 0.500. The number of aliphatic hydroxyl groups excluding tert-OH is 1. The lowest BCUT2D eigenvalue weighted by Gasteiger charge is -2.12. The van der Waals surface area contributed by atoms with E-state index in [4.69, 9.17) is 4.74 Å². The first kappa shape index (κ1) is 13.3. The Balaban J connectivity index is 2.63. The van der Waals surface area contributed by atoms with E-state index in [2.05, 4.69) is 10.3 Å². The molecule has 0 aliphatic heterocycles. The molecule has 1 rings (SSSR count). The van der Waals surface area contributed by atoms with Gasteiger partial charge in [0.05, 0.1) is 17.6 Å². The molecular formula is C10H15N3O4. The fourth-order valence-electron chi connectivity index (χ4n) is 1.31. The maximum Gasteiger partial charge on any atom is 0.287 e. The molecule has 0 aromatic carbocycles. The molecule has 1 aromatic heterocycles. The Morgan fingerprint density at radius 3 is 2.94 bits per heavy atom. The molecule has 1 atom stereocenters. The number of hydrogen-bond donors (Lipinski definition) is 2. The third-order valence-electron chi connectivity index (χ3n) is 2.14. The van der Waals surface area contributed by atoms with Gasteiger partial charge in [-0.3, -0.25) is 10.1 Å². The van der Waals surface area contributed by atoms with E-state index >= 15 is 0 Å². The summed E-state index contributed by atoms with van der Waals surface area (Å²) in [6.45, 7) is 2.21. The highest BCUT2D eigenvalue weighted by atomic mass is 16.6. The van der Waals surface area contributed by atoms with Crippen molar-refractivity contribution in [3.05, 3.63) is 27.9 Å². The molecular weight excluding hydrogens is 226 g/mol. The van der Waals surface area contributed by atoms with Crippen LogP contribution in [0.4, 0.5) is 11.5 Å². The van der Waals surface area contributed by atoms with E-state index in [0.717, 1.165) is 0 Å². The number of aliphatic hydroxyl groups is 1. The van der Waals surface area contributed by atoms with Crippen LogP contribution in [0.1, 0.15) is 5.56 Å². The minimum Gasteiger partial charge on any atom is -0.389 e. The number of nitrogens with zero attached hydrogens (tertiary/aromatic N) is 2. The van der Waals surface area contributed by atoms with Crippen LogP contribution >= 0.6 is 0 Å². The Morgan fingerprint density at radius 2 is 2.41 bits per heavy atom. The van der Waals surface area contributed by atoms with E-state index in [-0.39, 0.29) is 18.8 Å². The molecule has 0 fully saturated rings. The first-order valence-electron chi connectivity index (χ1n) is 5.06. The van der Waals surface area contributed by atoms with Gasteiger partial charge in [-0.15, -0.1) is 0 Å². The lowest BCUT2D eigenvalue weighted by Crippen LogP contribution is -2.24. The van der Waals surface area contributed by atoms with E-state index < -0.39 is 11.0 Å². The molecule has 2 N–H and O–H groups in total. The van der Waals surface area contributed by atoms with Crippen molar-refractivity contribution < 1.29 is 14.8 Å². The maximum atomic E-state index is 10.5. The largest absolute Gasteiger partial charge is 0.389 e. The predicted molar refractivity (Wildman–Crippen MR) is 62.0 cm³/mol. The van der Waals surface area contributed by atoms with Crippen molar-refractivity contribution in [2.75, 3.05) is 25.6 Å². The van der Waals surface area contributed by atoms with Crippen LogP contribution in [0.3, 0.4) is 0 Å². The Hall–Kier alpha value is -1.73. The van der Waals surface area contributed by atoms with Crippen LogP contribution in [0.5, 0.6) is 0 Å². The highest BCUT2D eigenvalue weighted by Gasteiger charge is 2.10. The molecule has 0 bridgehead atoms. The van der Waals surface area contributed by atoms with E-state index in [1.807, 2.05) is 0 Å². The van der Waals surface area contributed by atoms with Crippen molar-refractivity contribution in [3.8, 4) is 0 Å². The standard InChI is InChI=1S/C10H15N3O4/c1-7-3-8(13(15)16)4-11-10(7)12-5-9(14)6-17-2/h3-4,9,14H,5-6H2,1-2H3,(H,11,12)/t9-/m1/s1. The molecule has 1 aromatic rings. The second-order valence-electron chi connectivity index (χ2n) is 3.61. The topological polar surface area (TPSA) is 97.5 Å². The van der Waals surface area contributed by atoms with Crippen LogP contribution in [0.15, 0.2) is 12.3 Å². The van der Waals surface area contributed by atoms with Gasteiger partial charge in [-0.05, 0) is 12.5 Å². The fourth-order valence-corrected chi connectivity index (χ4v) is 1.31. The van der Waals surface area contributed by atoms with Crippen molar-refractivity contribution in [2.45, 2.75) is 13.0 Å². The molecule has 0 saturated heterocycles. The van der Waals surface area contributed by atoms with E-state index in [0.29, 0.717) is 11.4 Å². The summed E-state index contributed by atoms with van der Waals surface area (Å²) in [5, 5.41) is 22.8. The molecule has 1 heterocycles. The maximum absolute atomic E-state index is 10.5. The average molecular weight is 241 g/mol. The quantitative estimate of drug-likeness (QED) is 0.562. The molecule has 7 nitrogen and oxygen atoms in total. The highest BCUT2D eigenvalue weighted by Crippen LogP contribution is 2.17. The van der Waals surface area contributed by atoms with Crippen molar-refractivity contribution in [3.63, 3.8) is 0 Å². The predicted octanol–water partition coefficient (Wildman–Crippen LogP) is 0.717. The van der Waals surface area contributed by atoms with Crippen LogP contribution < -0.4 is 5.32 Å². The number of nitro groups is 1. The van der Waals surface area contributed by atoms with Crippen LogP contribution in [0.2, 0.25) is 0 Å². The number of anilines is 1. The van der Waals surface area contributed by atoms with Crippen LogP contribution in [0, 0.1) is 17.0 Å². The molecule has 0 radical (unpaired) electrons. The SMILES string of the molecule is COC[C@H](O)CNc1ncc([N+](=O)[O-])cc1C. The van der Waals surface area contributed by atoms with E-state index in [1.54, 1.807) is 6.92 Å². The van der Waals surface area contributed by atoms with Gasteiger partial charge in [0, 0.05) is 19.7 Å². The zero-order valence-corrected chi connectivity index (χ0v) is 9.71. The molecule has 0 spiro atoms. The van der Waals surface area contributed by atoms with Gasteiger partial charge in [0.2, 0.25) is 0 Å². The van der Waals surface area contributed by atoms with Crippen LogP contribution in [0.25, 0.3) is 0 Å². The number of nitrogens with one attached hydrogen (secondary N) is 1. The van der Waals surface area contributed by atoms with E-state index in [1.165, 1.54) is 19.4 Å². The third kappa shape index (κ3) is 3.97. The Labute approximate surface area is 98.6 Å². The van der Waals surface area contributed by atoms with Gasteiger partial charge < -0.3 is 15.2 Å². The minimum atomic E-state index is -0.642. The first-order chi connectivity index (χ1) is 8.04. The molecule has 0 aliphatic rings. The van der Waals surface area contributed by atoms with Gasteiger partial charge >= 0.3 is 0 Å². The zero-order valence-electron chi connectivity index (χ0n) is 9.71. The average Bonchev–Trinajstić information content (AvgIpc) is 2.27. The third-order valence-corrected chi connectivity index (χ3v) is 2.14. The Bertz CT molecular complexity index is 397. The summed E-state index contributed by atoms with van der Waals surface area (Å²) >= 11 is 0. The Kier molecular flexibility index (Phi) is 4.80. The van der Waals surface area contributed by atoms with Gasteiger partial charge in [0.1, 0.15) is 12.0 Å². The minimum absolute atomic E-state index is 0.0505. The smallest absolute Gasteiger partial charge is 0.287 e. The molecule has 0 aliphatic carbocycles. The number of aryl methyl sites for hydroxylation is 1. The van der Waals surface area contributed by atoms with E-state index in [9.17, 15) is 15.2 Å². The second kappa shape index (κ2) is 6.12. The van der Waals surface area contributed by atoms with Crippen molar-refractivity contribution in [1.82, 2.24) is 4.98 Å². The summed E-state index contributed by atoms with van der Waals surface area (Å²) in [6.07, 6.45) is 0.536. The number of ether oxygens (including phenoxy) is 1. The van der Waals surface area contributed by atoms with Crippen molar-refractivity contribution >= 4 is 11.5 Å². The summed E-state index contributed by atoms with van der Waals surface area (Å²) in [6, 6.07) is 1.43. The molecule has 17 heavy (non-hydrogen) atoms. The lowest BCUT2D eigenvalue weighted by atomic mass is 10.2. The number of aromatic nitrogens is 1. The summed E-state index contributed by atoms with van der Waals surface area (Å²) in [4.78, 5) is 13.9. The number of methoxy groups -OCH3 is 1. The summed E-state index contributed by atoms with van der Waals surface area (Å²) in [5.74, 6) is 0.519. The number of hydrogen-bond acceptors (Lipinski definition) is 6. The normalized spacial score (nSPS) is 12.2. The summed E-state index contributed by atoms with van der Waals surface area (Å²) < 4.78 is 4.77. The van der Waals surface area contributed by atoms with Gasteiger partial charge in [-0.2, -0.15) is 0 Å². The second-order valence-corrected chi connectivity index (χ2v) is 3.61. The van der Waals surface area contributed by atoms with Crippen LogP contribution in [-0.2, 0) is 4.74 Å². The molecule has 94 valence electrons. The molecule has 0 unspecified atom stereocenters. The van der Waals surface area contributed by atoms with Gasteiger partial charge in [-0.25, -0.2) is 4.98 Å². The summed E-state index contributed by atoms with van der Waals surface area (Å²) in [7, 11) is 1.50. The highest BCUT2D eigenvalue weighted by molar-refractivity contribution is 5.48. The summed E-state index contributed by atoms with van der Waals surface area (Å²) in [5.41, 5.74) is 0.606. The van der Waals surface area contributed by atoms with Gasteiger partial charge in [0.15, 0.2) is 0 Å². The van der Waals surface area contributed by atoms with Crippen molar-refractivity contribution in [2.24, 2.45) is 0 Å². The van der Waals surface area contributed by atoms with Crippen LogP contribution in [-0.4, -0.2) is 41.4 Å². The van der Waals surface area contributed by atoms with Gasteiger partial charge in [-0.1, -0.05) is 0 Å². The van der Waals surface area contributed by atoms with Crippen molar-refractivity contribution in [1.29, 1.82) is 0 Å².